The smallest absolute Gasteiger partial charge is 0.387 e. The molecule has 2 aromatic rings. The fourth-order valence-corrected chi connectivity index (χ4v) is 3.60. The fourth-order valence-electron chi connectivity index (χ4n) is 3.60. The van der Waals surface area contributed by atoms with Gasteiger partial charge >= 0.3 is 6.18 Å². The molecule has 0 radical (unpaired) electrons. The molecule has 0 aromatic heterocycles. The van der Waals surface area contributed by atoms with Crippen molar-refractivity contribution < 1.29 is 23.1 Å². The first kappa shape index (κ1) is 20.4. The number of rotatable bonds is 6. The van der Waals surface area contributed by atoms with Gasteiger partial charge in [0.2, 0.25) is 5.91 Å². The van der Waals surface area contributed by atoms with E-state index in [2.05, 4.69) is 10.2 Å². The second-order valence-corrected chi connectivity index (χ2v) is 6.96. The van der Waals surface area contributed by atoms with Crippen LogP contribution in [0.25, 0.3) is 0 Å². The van der Waals surface area contributed by atoms with Crippen LogP contribution in [-0.4, -0.2) is 35.0 Å². The molecule has 0 spiro atoms. The van der Waals surface area contributed by atoms with Crippen molar-refractivity contribution >= 4 is 5.91 Å². The summed E-state index contributed by atoms with van der Waals surface area (Å²) in [7, 11) is 0. The maximum atomic E-state index is 13.1. The number of carbonyl (C=O) groups is 1. The minimum absolute atomic E-state index is 0.233. The van der Waals surface area contributed by atoms with Crippen molar-refractivity contribution in [3.8, 4) is 0 Å². The minimum atomic E-state index is -4.56. The van der Waals surface area contributed by atoms with E-state index in [4.69, 9.17) is 0 Å². The minimum Gasteiger partial charge on any atom is -0.387 e. The number of amides is 1. The van der Waals surface area contributed by atoms with Crippen molar-refractivity contribution in [1.29, 1.82) is 0 Å². The summed E-state index contributed by atoms with van der Waals surface area (Å²) in [6, 6.07) is 14.3. The van der Waals surface area contributed by atoms with Gasteiger partial charge in [-0.1, -0.05) is 48.5 Å². The number of likely N-dealkylation sites (tertiary alicyclic amines) is 1. The lowest BCUT2D eigenvalue weighted by molar-refractivity contribution is -0.139. The number of aliphatic hydroxyl groups excluding tert-OH is 1. The Bertz CT molecular complexity index is 796. The summed E-state index contributed by atoms with van der Waals surface area (Å²) in [5.41, 5.74) is -0.0208. The molecule has 1 heterocycles. The maximum absolute atomic E-state index is 13.1. The van der Waals surface area contributed by atoms with E-state index in [1.807, 2.05) is 30.3 Å². The Morgan fingerprint density at radius 3 is 2.54 bits per heavy atom. The van der Waals surface area contributed by atoms with Gasteiger partial charge in [0, 0.05) is 13.1 Å². The molecule has 1 aliphatic rings. The summed E-state index contributed by atoms with van der Waals surface area (Å²) in [5, 5.41) is 12.8. The lowest BCUT2D eigenvalue weighted by Crippen LogP contribution is -2.44. The number of aliphatic hydroxyl groups is 1. The predicted molar refractivity (Wildman–Crippen MR) is 99.3 cm³/mol. The average Bonchev–Trinajstić information content (AvgIpc) is 3.14. The van der Waals surface area contributed by atoms with Crippen LogP contribution in [0, 0.1) is 0 Å². The molecule has 1 fully saturated rings. The van der Waals surface area contributed by atoms with Crippen LogP contribution in [0.2, 0.25) is 0 Å². The van der Waals surface area contributed by atoms with E-state index in [0.717, 1.165) is 24.6 Å². The molecule has 2 unspecified atom stereocenters. The number of halogens is 3. The van der Waals surface area contributed by atoms with Gasteiger partial charge in [0.15, 0.2) is 0 Å². The Morgan fingerprint density at radius 2 is 1.82 bits per heavy atom. The SMILES string of the molecule is O=C(NCC(O)c1ccccc1C(F)(F)F)C1CCCN1Cc1ccccc1. The van der Waals surface area contributed by atoms with E-state index >= 15 is 0 Å². The number of nitrogens with one attached hydrogen (secondary N) is 1. The summed E-state index contributed by atoms with van der Waals surface area (Å²) >= 11 is 0. The number of hydrogen-bond donors (Lipinski definition) is 2. The molecule has 0 saturated carbocycles. The number of hydrogen-bond acceptors (Lipinski definition) is 3. The van der Waals surface area contributed by atoms with Crippen LogP contribution >= 0.6 is 0 Å². The second-order valence-electron chi connectivity index (χ2n) is 6.96. The van der Waals surface area contributed by atoms with Crippen molar-refractivity contribution in [2.45, 2.75) is 37.7 Å². The third kappa shape index (κ3) is 4.91. The van der Waals surface area contributed by atoms with E-state index in [1.165, 1.54) is 18.2 Å². The van der Waals surface area contributed by atoms with Crippen molar-refractivity contribution in [2.24, 2.45) is 0 Å². The zero-order chi connectivity index (χ0) is 20.1. The fraction of sp³-hybridized carbons (Fsp3) is 0.381. The molecule has 1 amide bonds. The van der Waals surface area contributed by atoms with Gasteiger partial charge < -0.3 is 10.4 Å². The Kier molecular flexibility index (Phi) is 6.36. The molecule has 2 aromatic carbocycles. The topological polar surface area (TPSA) is 52.6 Å². The van der Waals surface area contributed by atoms with Crippen molar-refractivity contribution in [3.63, 3.8) is 0 Å². The zero-order valence-corrected chi connectivity index (χ0v) is 15.3. The molecule has 0 bridgehead atoms. The Labute approximate surface area is 162 Å². The molecular weight excluding hydrogens is 369 g/mol. The molecular formula is C21H23F3N2O2. The first-order valence-electron chi connectivity index (χ1n) is 9.26. The van der Waals surface area contributed by atoms with Crippen molar-refractivity contribution in [2.75, 3.05) is 13.1 Å². The summed E-state index contributed by atoms with van der Waals surface area (Å²) in [5.74, 6) is -0.267. The van der Waals surface area contributed by atoms with Crippen LogP contribution in [0.3, 0.4) is 0 Å². The van der Waals surface area contributed by atoms with Gasteiger partial charge in [0.05, 0.1) is 17.7 Å². The summed E-state index contributed by atoms with van der Waals surface area (Å²) < 4.78 is 39.3. The highest BCUT2D eigenvalue weighted by Gasteiger charge is 2.35. The standard InChI is InChI=1S/C21H23F3N2O2/c22-21(23,24)17-10-5-4-9-16(17)19(27)13-25-20(28)18-11-6-12-26(18)14-15-7-2-1-3-8-15/h1-5,7-10,18-19,27H,6,11-14H2,(H,25,28). The first-order valence-corrected chi connectivity index (χ1v) is 9.26. The van der Waals surface area contributed by atoms with Crippen LogP contribution in [0.15, 0.2) is 54.6 Å². The third-order valence-electron chi connectivity index (χ3n) is 4.99. The molecule has 7 heteroatoms. The van der Waals surface area contributed by atoms with E-state index in [1.54, 1.807) is 0 Å². The molecule has 2 atom stereocenters. The van der Waals surface area contributed by atoms with Gasteiger partial charge in [0.25, 0.3) is 0 Å². The van der Waals surface area contributed by atoms with E-state index in [0.29, 0.717) is 13.0 Å². The van der Waals surface area contributed by atoms with Crippen LogP contribution in [0.5, 0.6) is 0 Å². The van der Waals surface area contributed by atoms with E-state index in [9.17, 15) is 23.1 Å². The molecule has 1 aliphatic heterocycles. The molecule has 4 nitrogen and oxygen atoms in total. The zero-order valence-electron chi connectivity index (χ0n) is 15.3. The highest BCUT2D eigenvalue weighted by atomic mass is 19.4. The average molecular weight is 392 g/mol. The van der Waals surface area contributed by atoms with Gasteiger partial charge in [-0.05, 0) is 36.6 Å². The second kappa shape index (κ2) is 8.75. The molecule has 150 valence electrons. The molecule has 28 heavy (non-hydrogen) atoms. The van der Waals surface area contributed by atoms with Crippen LogP contribution in [0.1, 0.15) is 35.6 Å². The summed E-state index contributed by atoms with van der Waals surface area (Å²) in [6.07, 6.45) is -4.41. The number of benzene rings is 2. The lowest BCUT2D eigenvalue weighted by Gasteiger charge is -2.24. The van der Waals surface area contributed by atoms with Gasteiger partial charge in [-0.25, -0.2) is 0 Å². The normalized spacial score (nSPS) is 18.8. The third-order valence-corrected chi connectivity index (χ3v) is 4.99. The van der Waals surface area contributed by atoms with Crippen molar-refractivity contribution in [1.82, 2.24) is 10.2 Å². The number of nitrogens with zero attached hydrogens (tertiary/aromatic N) is 1. The van der Waals surface area contributed by atoms with Crippen LogP contribution < -0.4 is 5.32 Å². The van der Waals surface area contributed by atoms with Gasteiger partial charge in [-0.3, -0.25) is 9.69 Å². The van der Waals surface area contributed by atoms with Crippen molar-refractivity contribution in [3.05, 3.63) is 71.3 Å². The molecule has 3 rings (SSSR count). The summed E-state index contributed by atoms with van der Waals surface area (Å²) in [4.78, 5) is 14.6. The monoisotopic (exact) mass is 392 g/mol. The highest BCUT2D eigenvalue weighted by molar-refractivity contribution is 5.82. The Morgan fingerprint density at radius 1 is 1.14 bits per heavy atom. The highest BCUT2D eigenvalue weighted by Crippen LogP contribution is 2.34. The maximum Gasteiger partial charge on any atom is 0.416 e. The number of carbonyl (C=O) groups excluding carboxylic acids is 1. The molecule has 1 saturated heterocycles. The van der Waals surface area contributed by atoms with E-state index in [-0.39, 0.29) is 24.1 Å². The van der Waals surface area contributed by atoms with Gasteiger partial charge in [-0.2, -0.15) is 13.2 Å². The van der Waals surface area contributed by atoms with E-state index < -0.39 is 17.8 Å². The Hall–Kier alpha value is -2.38. The Balaban J connectivity index is 1.61. The number of alkyl halides is 3. The predicted octanol–water partition coefficient (Wildman–Crippen LogP) is 3.52. The summed E-state index contributed by atoms with van der Waals surface area (Å²) in [6.45, 7) is 1.16. The van der Waals surface area contributed by atoms with Crippen LogP contribution in [-0.2, 0) is 17.5 Å². The van der Waals surface area contributed by atoms with Gasteiger partial charge in [0.1, 0.15) is 0 Å². The quantitative estimate of drug-likeness (QED) is 0.791. The molecule has 2 N–H and O–H groups in total. The van der Waals surface area contributed by atoms with Gasteiger partial charge in [-0.15, -0.1) is 0 Å². The van der Waals surface area contributed by atoms with Crippen LogP contribution in [0.4, 0.5) is 13.2 Å². The first-order chi connectivity index (χ1) is 13.4. The molecule has 0 aliphatic carbocycles. The largest absolute Gasteiger partial charge is 0.416 e. The lowest BCUT2D eigenvalue weighted by atomic mass is 10.0.